The Morgan fingerprint density at radius 3 is 2.12 bits per heavy atom. The van der Waals surface area contributed by atoms with E-state index in [1.165, 1.54) is 39.7 Å². The molecule has 0 spiro atoms. The predicted molar refractivity (Wildman–Crippen MR) is 124 cm³/mol. The number of benzene rings is 3. The van der Waals surface area contributed by atoms with Gasteiger partial charge >= 0.3 is 5.97 Å². The van der Waals surface area contributed by atoms with Gasteiger partial charge < -0.3 is 18.9 Å². The lowest BCUT2D eigenvalue weighted by Crippen LogP contribution is -2.17. The van der Waals surface area contributed by atoms with E-state index >= 15 is 0 Å². The van der Waals surface area contributed by atoms with Gasteiger partial charge in [-0.1, -0.05) is 23.7 Å². The molecule has 0 saturated carbocycles. The Hall–Kier alpha value is -4.04. The zero-order valence-corrected chi connectivity index (χ0v) is 18.9. The van der Waals surface area contributed by atoms with E-state index in [1.807, 2.05) is 0 Å². The minimum absolute atomic E-state index is 0.234. The lowest BCUT2D eigenvalue weighted by molar-refractivity contribution is 0.0733. The van der Waals surface area contributed by atoms with E-state index in [2.05, 4.69) is 10.5 Å². The van der Waals surface area contributed by atoms with Crippen LogP contribution in [-0.2, 0) is 0 Å². The van der Waals surface area contributed by atoms with Crippen LogP contribution in [0.3, 0.4) is 0 Å². The van der Waals surface area contributed by atoms with Gasteiger partial charge in [0.2, 0.25) is 5.75 Å². The lowest BCUT2D eigenvalue weighted by Gasteiger charge is -2.13. The molecule has 8 nitrogen and oxygen atoms in total. The molecule has 33 heavy (non-hydrogen) atoms. The molecular weight excluding hydrogens is 448 g/mol. The fourth-order valence-electron chi connectivity index (χ4n) is 2.86. The first-order chi connectivity index (χ1) is 16.0. The van der Waals surface area contributed by atoms with Crippen molar-refractivity contribution in [3.05, 3.63) is 82.4 Å². The van der Waals surface area contributed by atoms with Crippen molar-refractivity contribution in [1.29, 1.82) is 0 Å². The first-order valence-electron chi connectivity index (χ1n) is 9.67. The third-order valence-corrected chi connectivity index (χ3v) is 4.82. The first-order valence-corrected chi connectivity index (χ1v) is 10.0. The van der Waals surface area contributed by atoms with Gasteiger partial charge in [0.05, 0.1) is 43.7 Å². The van der Waals surface area contributed by atoms with Crippen LogP contribution in [0.15, 0.2) is 65.8 Å². The van der Waals surface area contributed by atoms with Crippen LogP contribution in [0.25, 0.3) is 0 Å². The monoisotopic (exact) mass is 468 g/mol. The number of halogens is 1. The van der Waals surface area contributed by atoms with Gasteiger partial charge in [-0.05, 0) is 54.1 Å². The van der Waals surface area contributed by atoms with Gasteiger partial charge in [-0.25, -0.2) is 10.2 Å². The standard InChI is InChI=1S/C24H21ClN2O6/c1-30-20-12-16(13-21(31-2)22(20)32-3)24(29)33-17-10-8-15(9-11-17)14-26-27-23(28)18-6-4-5-7-19(18)25/h4-14H,1-3H3,(H,27,28)/b26-14+. The quantitative estimate of drug-likeness (QED) is 0.228. The van der Waals surface area contributed by atoms with Gasteiger partial charge in [-0.2, -0.15) is 5.10 Å². The summed E-state index contributed by atoms with van der Waals surface area (Å²) in [6.07, 6.45) is 1.46. The highest BCUT2D eigenvalue weighted by atomic mass is 35.5. The highest BCUT2D eigenvalue weighted by Gasteiger charge is 2.18. The van der Waals surface area contributed by atoms with E-state index in [0.29, 0.717) is 39.1 Å². The highest BCUT2D eigenvalue weighted by molar-refractivity contribution is 6.33. The minimum atomic E-state index is -0.595. The molecule has 0 saturated heterocycles. The molecule has 0 heterocycles. The summed E-state index contributed by atoms with van der Waals surface area (Å²) in [5.41, 5.74) is 3.65. The van der Waals surface area contributed by atoms with Gasteiger partial charge in [0.25, 0.3) is 5.91 Å². The molecule has 0 atom stereocenters. The average molecular weight is 469 g/mol. The van der Waals surface area contributed by atoms with Crippen molar-refractivity contribution in [3.63, 3.8) is 0 Å². The number of nitrogens with one attached hydrogen (secondary N) is 1. The largest absolute Gasteiger partial charge is 0.493 e. The highest BCUT2D eigenvalue weighted by Crippen LogP contribution is 2.38. The van der Waals surface area contributed by atoms with Crippen LogP contribution in [0.4, 0.5) is 0 Å². The molecule has 1 amide bonds. The number of nitrogens with zero attached hydrogens (tertiary/aromatic N) is 1. The van der Waals surface area contributed by atoms with Gasteiger partial charge in [0.15, 0.2) is 11.5 Å². The lowest BCUT2D eigenvalue weighted by atomic mass is 10.2. The van der Waals surface area contributed by atoms with Crippen molar-refractivity contribution < 1.29 is 28.5 Å². The van der Waals surface area contributed by atoms with Gasteiger partial charge in [-0.3, -0.25) is 4.79 Å². The van der Waals surface area contributed by atoms with Crippen molar-refractivity contribution in [2.75, 3.05) is 21.3 Å². The van der Waals surface area contributed by atoms with E-state index in [9.17, 15) is 9.59 Å². The van der Waals surface area contributed by atoms with Crippen molar-refractivity contribution in [2.45, 2.75) is 0 Å². The van der Waals surface area contributed by atoms with Crippen LogP contribution in [-0.4, -0.2) is 39.4 Å². The topological polar surface area (TPSA) is 95.5 Å². The number of ether oxygens (including phenoxy) is 4. The summed E-state index contributed by atoms with van der Waals surface area (Å²) in [4.78, 5) is 24.7. The Bertz CT molecular complexity index is 1150. The SMILES string of the molecule is COc1cc(C(=O)Oc2ccc(/C=N/NC(=O)c3ccccc3Cl)cc2)cc(OC)c1OC. The minimum Gasteiger partial charge on any atom is -0.493 e. The second-order valence-corrected chi connectivity index (χ2v) is 6.96. The fourth-order valence-corrected chi connectivity index (χ4v) is 3.08. The molecule has 170 valence electrons. The van der Waals surface area contributed by atoms with Crippen LogP contribution < -0.4 is 24.4 Å². The van der Waals surface area contributed by atoms with E-state index in [4.69, 9.17) is 30.5 Å². The molecule has 3 aromatic rings. The van der Waals surface area contributed by atoms with Crippen molar-refractivity contribution in [1.82, 2.24) is 5.43 Å². The normalized spacial score (nSPS) is 10.5. The summed E-state index contributed by atoms with van der Waals surface area (Å²) in [6.45, 7) is 0. The van der Waals surface area contributed by atoms with Gasteiger partial charge in [0.1, 0.15) is 5.75 Å². The molecule has 0 unspecified atom stereocenters. The molecule has 9 heteroatoms. The summed E-state index contributed by atoms with van der Waals surface area (Å²) in [7, 11) is 4.40. The molecule has 0 radical (unpaired) electrons. The number of esters is 1. The molecule has 0 fully saturated rings. The molecule has 3 aromatic carbocycles. The van der Waals surface area contributed by atoms with E-state index < -0.39 is 11.9 Å². The zero-order chi connectivity index (χ0) is 23.8. The predicted octanol–water partition coefficient (Wildman–Crippen LogP) is 4.35. The molecule has 0 aliphatic heterocycles. The van der Waals surface area contributed by atoms with Crippen molar-refractivity contribution >= 4 is 29.7 Å². The molecule has 0 aliphatic rings. The summed E-state index contributed by atoms with van der Waals surface area (Å²) >= 11 is 5.99. The van der Waals surface area contributed by atoms with Crippen LogP contribution in [0.5, 0.6) is 23.0 Å². The Kier molecular flexibility index (Phi) is 7.88. The second kappa shape index (κ2) is 11.0. The molecule has 1 N–H and O–H groups in total. The molecule has 3 rings (SSSR count). The third kappa shape index (κ3) is 5.81. The number of carbonyl (C=O) groups is 2. The third-order valence-electron chi connectivity index (χ3n) is 4.49. The first kappa shape index (κ1) is 23.6. The number of hydrazone groups is 1. The van der Waals surface area contributed by atoms with Crippen LogP contribution >= 0.6 is 11.6 Å². The van der Waals surface area contributed by atoms with Gasteiger partial charge in [-0.15, -0.1) is 0 Å². The molecule has 0 aliphatic carbocycles. The fraction of sp³-hybridized carbons (Fsp3) is 0.125. The Labute approximate surface area is 195 Å². The molecule has 0 bridgehead atoms. The van der Waals surface area contributed by atoms with Crippen LogP contribution in [0.2, 0.25) is 5.02 Å². The summed E-state index contributed by atoms with van der Waals surface area (Å²) in [5, 5.41) is 4.26. The maximum atomic E-state index is 12.6. The zero-order valence-electron chi connectivity index (χ0n) is 18.1. The Morgan fingerprint density at radius 1 is 0.909 bits per heavy atom. The Balaban J connectivity index is 1.65. The maximum Gasteiger partial charge on any atom is 0.343 e. The maximum absolute atomic E-state index is 12.6. The smallest absolute Gasteiger partial charge is 0.343 e. The van der Waals surface area contributed by atoms with Crippen LogP contribution in [0.1, 0.15) is 26.3 Å². The molecular formula is C24H21ClN2O6. The number of carbonyl (C=O) groups excluding carboxylic acids is 2. The second-order valence-electron chi connectivity index (χ2n) is 6.55. The number of hydrogen-bond acceptors (Lipinski definition) is 7. The van der Waals surface area contributed by atoms with Crippen molar-refractivity contribution in [3.8, 4) is 23.0 Å². The van der Waals surface area contributed by atoms with Crippen LogP contribution in [0, 0.1) is 0 Å². The number of rotatable bonds is 8. The summed E-state index contributed by atoms with van der Waals surface area (Å²) in [6, 6.07) is 16.3. The average Bonchev–Trinajstić information content (AvgIpc) is 2.84. The number of hydrogen-bond donors (Lipinski definition) is 1. The Morgan fingerprint density at radius 2 is 1.55 bits per heavy atom. The van der Waals surface area contributed by atoms with E-state index in [1.54, 1.807) is 48.5 Å². The van der Waals surface area contributed by atoms with Crippen molar-refractivity contribution in [2.24, 2.45) is 5.10 Å². The summed E-state index contributed by atoms with van der Waals surface area (Å²) in [5.74, 6) is 0.367. The number of amides is 1. The summed E-state index contributed by atoms with van der Waals surface area (Å²) < 4.78 is 21.2. The van der Waals surface area contributed by atoms with E-state index in [0.717, 1.165) is 0 Å². The molecule has 0 aromatic heterocycles. The van der Waals surface area contributed by atoms with E-state index in [-0.39, 0.29) is 5.56 Å². The number of methoxy groups -OCH3 is 3. The van der Waals surface area contributed by atoms with Gasteiger partial charge in [0, 0.05) is 0 Å².